The van der Waals surface area contributed by atoms with Gasteiger partial charge in [-0.2, -0.15) is 0 Å². The van der Waals surface area contributed by atoms with Gasteiger partial charge in [-0.15, -0.1) is 0 Å². The van der Waals surface area contributed by atoms with E-state index in [2.05, 4.69) is 47.8 Å². The van der Waals surface area contributed by atoms with Gasteiger partial charge in [0.25, 0.3) is 0 Å². The summed E-state index contributed by atoms with van der Waals surface area (Å²) in [5, 5.41) is 4.27. The van der Waals surface area contributed by atoms with Crippen LogP contribution < -0.4 is 5.32 Å². The zero-order valence-electron chi connectivity index (χ0n) is 10.2. The maximum absolute atomic E-state index is 6.36. The molecule has 2 heteroatoms. The van der Waals surface area contributed by atoms with E-state index in [9.17, 15) is 0 Å². The van der Waals surface area contributed by atoms with Crippen molar-refractivity contribution in [1.82, 2.24) is 5.32 Å². The van der Waals surface area contributed by atoms with Gasteiger partial charge in [-0.25, -0.2) is 0 Å². The lowest BCUT2D eigenvalue weighted by Crippen LogP contribution is -2.58. The normalized spacial score (nSPS) is 17.2. The number of hydrogen-bond acceptors (Lipinski definition) is 1. The maximum Gasteiger partial charge on any atom is 0.0444 e. The average molecular weight is 258 g/mol. The molecule has 0 unspecified atom stereocenters. The highest BCUT2D eigenvalue weighted by molar-refractivity contribution is 6.31. The fourth-order valence-electron chi connectivity index (χ4n) is 2.72. The third kappa shape index (κ3) is 2.05. The van der Waals surface area contributed by atoms with Crippen molar-refractivity contribution in [1.29, 1.82) is 0 Å². The van der Waals surface area contributed by atoms with Crippen LogP contribution >= 0.6 is 11.6 Å². The zero-order valence-corrected chi connectivity index (χ0v) is 11.0. The summed E-state index contributed by atoms with van der Waals surface area (Å²) in [6, 6.07) is 18.9. The monoisotopic (exact) mass is 257 g/mol. The van der Waals surface area contributed by atoms with E-state index in [0.29, 0.717) is 0 Å². The summed E-state index contributed by atoms with van der Waals surface area (Å²) in [6.07, 6.45) is 1.05. The van der Waals surface area contributed by atoms with Gasteiger partial charge < -0.3 is 5.32 Å². The molecule has 1 fully saturated rings. The Labute approximate surface area is 113 Å². The van der Waals surface area contributed by atoms with Gasteiger partial charge in [0.2, 0.25) is 0 Å². The minimum absolute atomic E-state index is 0.166. The van der Waals surface area contributed by atoms with Crippen LogP contribution in [-0.4, -0.2) is 13.1 Å². The fourth-order valence-corrected chi connectivity index (χ4v) is 3.05. The maximum atomic E-state index is 6.36. The molecule has 3 rings (SSSR count). The molecule has 1 heterocycles. The standard InChI is InChI=1S/C16H16ClN/c17-15-9-5-4-8-14(15)16(11-18-12-16)10-13-6-2-1-3-7-13/h1-9,18H,10-12H2. The Hall–Kier alpha value is -1.31. The molecule has 0 spiro atoms. The molecule has 0 amide bonds. The summed E-state index contributed by atoms with van der Waals surface area (Å²) in [4.78, 5) is 0. The molecular weight excluding hydrogens is 242 g/mol. The quantitative estimate of drug-likeness (QED) is 0.889. The minimum Gasteiger partial charge on any atom is -0.315 e. The molecule has 1 saturated heterocycles. The van der Waals surface area contributed by atoms with Crippen LogP contribution in [0, 0.1) is 0 Å². The molecule has 1 aliphatic heterocycles. The summed E-state index contributed by atoms with van der Waals surface area (Å²) in [5.74, 6) is 0. The van der Waals surface area contributed by atoms with E-state index in [0.717, 1.165) is 24.5 Å². The molecule has 0 radical (unpaired) electrons. The van der Waals surface area contributed by atoms with Crippen LogP contribution in [0.5, 0.6) is 0 Å². The van der Waals surface area contributed by atoms with Crippen molar-refractivity contribution < 1.29 is 0 Å². The topological polar surface area (TPSA) is 12.0 Å². The zero-order chi connectivity index (χ0) is 12.4. The molecule has 0 atom stereocenters. The van der Waals surface area contributed by atoms with E-state index < -0.39 is 0 Å². The Balaban J connectivity index is 1.94. The summed E-state index contributed by atoms with van der Waals surface area (Å²) < 4.78 is 0. The van der Waals surface area contributed by atoms with Crippen molar-refractivity contribution in [3.05, 3.63) is 70.7 Å². The average Bonchev–Trinajstić information content (AvgIpc) is 2.36. The Morgan fingerprint density at radius 3 is 2.22 bits per heavy atom. The molecule has 2 aromatic carbocycles. The van der Waals surface area contributed by atoms with Gasteiger partial charge in [0.05, 0.1) is 0 Å². The number of rotatable bonds is 3. The highest BCUT2D eigenvalue weighted by atomic mass is 35.5. The Bertz CT molecular complexity index is 532. The fraction of sp³-hybridized carbons (Fsp3) is 0.250. The van der Waals surface area contributed by atoms with Gasteiger partial charge in [0, 0.05) is 23.5 Å². The molecule has 0 bridgehead atoms. The first-order valence-corrected chi connectivity index (χ1v) is 6.68. The minimum atomic E-state index is 0.166. The smallest absolute Gasteiger partial charge is 0.0444 e. The molecule has 0 saturated carbocycles. The Morgan fingerprint density at radius 2 is 1.61 bits per heavy atom. The highest BCUT2D eigenvalue weighted by Gasteiger charge is 2.39. The number of benzene rings is 2. The van der Waals surface area contributed by atoms with Crippen LogP contribution in [0.15, 0.2) is 54.6 Å². The SMILES string of the molecule is Clc1ccccc1C1(Cc2ccccc2)CNC1. The van der Waals surface area contributed by atoms with Gasteiger partial charge >= 0.3 is 0 Å². The van der Waals surface area contributed by atoms with Crippen LogP contribution in [0.2, 0.25) is 5.02 Å². The summed E-state index contributed by atoms with van der Waals surface area (Å²) >= 11 is 6.36. The highest BCUT2D eigenvalue weighted by Crippen LogP contribution is 2.36. The second-order valence-corrected chi connectivity index (χ2v) is 5.43. The predicted octanol–water partition coefficient (Wildman–Crippen LogP) is 3.42. The van der Waals surface area contributed by atoms with Crippen molar-refractivity contribution in [2.75, 3.05) is 13.1 Å². The Morgan fingerprint density at radius 1 is 0.944 bits per heavy atom. The van der Waals surface area contributed by atoms with Crippen molar-refractivity contribution in [2.24, 2.45) is 0 Å². The third-order valence-corrected chi connectivity index (χ3v) is 4.09. The summed E-state index contributed by atoms with van der Waals surface area (Å²) in [7, 11) is 0. The molecule has 18 heavy (non-hydrogen) atoms. The second kappa shape index (κ2) is 4.75. The second-order valence-electron chi connectivity index (χ2n) is 5.03. The van der Waals surface area contributed by atoms with Crippen molar-refractivity contribution in [2.45, 2.75) is 11.8 Å². The first-order chi connectivity index (χ1) is 8.80. The van der Waals surface area contributed by atoms with Crippen LogP contribution in [0.4, 0.5) is 0 Å². The van der Waals surface area contributed by atoms with E-state index in [1.165, 1.54) is 11.1 Å². The summed E-state index contributed by atoms with van der Waals surface area (Å²) in [6.45, 7) is 2.01. The number of nitrogens with one attached hydrogen (secondary N) is 1. The number of hydrogen-bond donors (Lipinski definition) is 1. The lowest BCUT2D eigenvalue weighted by atomic mass is 9.71. The van der Waals surface area contributed by atoms with Crippen molar-refractivity contribution in [3.63, 3.8) is 0 Å². The largest absolute Gasteiger partial charge is 0.315 e. The van der Waals surface area contributed by atoms with Gasteiger partial charge in [-0.05, 0) is 23.6 Å². The molecule has 1 N–H and O–H groups in total. The van der Waals surface area contributed by atoms with Gasteiger partial charge in [0.15, 0.2) is 0 Å². The van der Waals surface area contributed by atoms with Crippen LogP contribution in [0.25, 0.3) is 0 Å². The van der Waals surface area contributed by atoms with Crippen molar-refractivity contribution in [3.8, 4) is 0 Å². The molecule has 2 aromatic rings. The van der Waals surface area contributed by atoms with Gasteiger partial charge in [-0.1, -0.05) is 60.1 Å². The number of halogens is 1. The van der Waals surface area contributed by atoms with E-state index in [1.54, 1.807) is 0 Å². The molecule has 0 aliphatic carbocycles. The molecule has 1 aliphatic rings. The molecule has 1 nitrogen and oxygen atoms in total. The van der Waals surface area contributed by atoms with Gasteiger partial charge in [-0.3, -0.25) is 0 Å². The lowest BCUT2D eigenvalue weighted by Gasteiger charge is -2.44. The first-order valence-electron chi connectivity index (χ1n) is 6.30. The van der Waals surface area contributed by atoms with Gasteiger partial charge in [0.1, 0.15) is 0 Å². The van der Waals surface area contributed by atoms with Crippen LogP contribution in [0.3, 0.4) is 0 Å². The Kier molecular flexibility index (Phi) is 3.11. The van der Waals surface area contributed by atoms with E-state index in [4.69, 9.17) is 11.6 Å². The third-order valence-electron chi connectivity index (χ3n) is 3.76. The van der Waals surface area contributed by atoms with Crippen LogP contribution in [0.1, 0.15) is 11.1 Å². The molecular formula is C16H16ClN. The van der Waals surface area contributed by atoms with Crippen LogP contribution in [-0.2, 0) is 11.8 Å². The summed E-state index contributed by atoms with van der Waals surface area (Å²) in [5.41, 5.74) is 2.81. The lowest BCUT2D eigenvalue weighted by molar-refractivity contribution is 0.275. The molecule has 0 aromatic heterocycles. The molecule has 92 valence electrons. The van der Waals surface area contributed by atoms with E-state index in [-0.39, 0.29) is 5.41 Å². The van der Waals surface area contributed by atoms with E-state index in [1.807, 2.05) is 12.1 Å². The van der Waals surface area contributed by atoms with Crippen molar-refractivity contribution >= 4 is 11.6 Å². The first kappa shape index (κ1) is 11.8. The van der Waals surface area contributed by atoms with E-state index >= 15 is 0 Å². The predicted molar refractivity (Wildman–Crippen MR) is 76.1 cm³/mol.